The fourth-order valence-electron chi connectivity index (χ4n) is 2.94. The van der Waals surface area contributed by atoms with Gasteiger partial charge >= 0.3 is 0 Å². The van der Waals surface area contributed by atoms with Gasteiger partial charge in [-0.25, -0.2) is 0 Å². The summed E-state index contributed by atoms with van der Waals surface area (Å²) in [5.41, 5.74) is -0.225. The Balaban J connectivity index is 2.13. The molecule has 1 aliphatic heterocycles. The van der Waals surface area contributed by atoms with Crippen LogP contribution in [0.15, 0.2) is 0 Å². The molecule has 0 aromatic heterocycles. The van der Waals surface area contributed by atoms with Crippen molar-refractivity contribution in [3.63, 3.8) is 0 Å². The van der Waals surface area contributed by atoms with Crippen molar-refractivity contribution in [1.82, 2.24) is 0 Å². The highest BCUT2D eigenvalue weighted by molar-refractivity contribution is 6.54. The smallest absolute Gasteiger partial charge is 0.171 e. The number of hydrogen-bond donors (Lipinski definition) is 0. The molecule has 0 aromatic carbocycles. The van der Waals surface area contributed by atoms with Crippen LogP contribution in [0.25, 0.3) is 0 Å². The van der Waals surface area contributed by atoms with Gasteiger partial charge < -0.3 is 4.74 Å². The first-order valence-electron chi connectivity index (χ1n) is 5.61. The molecule has 0 bridgehead atoms. The van der Waals surface area contributed by atoms with E-state index in [1.54, 1.807) is 0 Å². The third-order valence-electron chi connectivity index (χ3n) is 3.69. The van der Waals surface area contributed by atoms with E-state index in [1.807, 2.05) is 0 Å². The quantitative estimate of drug-likeness (QED) is 0.705. The molecule has 1 spiro atoms. The molecule has 1 saturated heterocycles. The lowest BCUT2D eigenvalue weighted by atomic mass is 9.74. The van der Waals surface area contributed by atoms with Crippen molar-refractivity contribution in [2.45, 2.75) is 49.0 Å². The zero-order valence-corrected chi connectivity index (χ0v) is 10.2. The van der Waals surface area contributed by atoms with Gasteiger partial charge in [-0.15, -0.1) is 0 Å². The van der Waals surface area contributed by atoms with E-state index in [4.69, 9.17) is 27.9 Å². The first-order chi connectivity index (χ1) is 7.16. The van der Waals surface area contributed by atoms with Gasteiger partial charge in [0.1, 0.15) is 0 Å². The largest absolute Gasteiger partial charge is 0.374 e. The number of ketones is 1. The van der Waals surface area contributed by atoms with Gasteiger partial charge in [-0.1, -0.05) is 42.5 Å². The zero-order valence-electron chi connectivity index (χ0n) is 8.68. The standard InChI is InChI=1S/C11H16Cl2O2/c12-10(13)9(14)8-4-7-15-11(8)5-2-1-3-6-11/h8,10H,1-7H2. The molecule has 86 valence electrons. The lowest BCUT2D eigenvalue weighted by Gasteiger charge is -2.37. The van der Waals surface area contributed by atoms with Gasteiger partial charge in [0, 0.05) is 6.61 Å². The molecule has 1 aliphatic carbocycles. The average molecular weight is 251 g/mol. The Morgan fingerprint density at radius 2 is 1.93 bits per heavy atom. The molecular formula is C11H16Cl2O2. The van der Waals surface area contributed by atoms with E-state index in [2.05, 4.69) is 0 Å². The molecule has 15 heavy (non-hydrogen) atoms. The van der Waals surface area contributed by atoms with Gasteiger partial charge in [0.15, 0.2) is 10.6 Å². The van der Waals surface area contributed by atoms with Crippen molar-refractivity contribution < 1.29 is 9.53 Å². The van der Waals surface area contributed by atoms with E-state index < -0.39 is 4.84 Å². The third kappa shape index (κ3) is 2.17. The molecule has 2 fully saturated rings. The van der Waals surface area contributed by atoms with E-state index in [0.29, 0.717) is 6.61 Å². The predicted molar refractivity (Wildman–Crippen MR) is 60.4 cm³/mol. The number of halogens is 2. The number of carbonyl (C=O) groups is 1. The van der Waals surface area contributed by atoms with Crippen LogP contribution in [0.3, 0.4) is 0 Å². The molecule has 1 unspecified atom stereocenters. The third-order valence-corrected chi connectivity index (χ3v) is 4.12. The minimum absolute atomic E-state index is 0.0438. The molecule has 1 saturated carbocycles. The summed E-state index contributed by atoms with van der Waals surface area (Å²) in [4.78, 5) is 11.0. The zero-order chi connectivity index (χ0) is 10.9. The molecule has 2 aliphatic rings. The predicted octanol–water partition coefficient (Wildman–Crippen LogP) is 3.10. The van der Waals surface area contributed by atoms with Crippen LogP contribution in [0.4, 0.5) is 0 Å². The summed E-state index contributed by atoms with van der Waals surface area (Å²) in [5.74, 6) is -0.115. The maximum absolute atomic E-state index is 11.9. The second-order valence-electron chi connectivity index (χ2n) is 4.52. The van der Waals surface area contributed by atoms with Crippen LogP contribution in [0.5, 0.6) is 0 Å². The van der Waals surface area contributed by atoms with E-state index in [0.717, 1.165) is 32.1 Å². The molecule has 0 N–H and O–H groups in total. The Morgan fingerprint density at radius 1 is 1.27 bits per heavy atom. The monoisotopic (exact) mass is 250 g/mol. The number of alkyl halides is 2. The van der Waals surface area contributed by atoms with Crippen LogP contribution in [0.1, 0.15) is 38.5 Å². The molecule has 0 amide bonds. The molecule has 2 nitrogen and oxygen atoms in total. The summed E-state index contributed by atoms with van der Waals surface area (Å²) in [6.07, 6.45) is 6.32. The van der Waals surface area contributed by atoms with Gasteiger partial charge in [-0.3, -0.25) is 4.79 Å². The highest BCUT2D eigenvalue weighted by Crippen LogP contribution is 2.44. The van der Waals surface area contributed by atoms with Crippen molar-refractivity contribution in [2.24, 2.45) is 5.92 Å². The maximum Gasteiger partial charge on any atom is 0.171 e. The van der Waals surface area contributed by atoms with Crippen molar-refractivity contribution in [3.05, 3.63) is 0 Å². The molecule has 4 heteroatoms. The number of rotatable bonds is 2. The summed E-state index contributed by atoms with van der Waals surface area (Å²) in [6, 6.07) is 0. The SMILES string of the molecule is O=C(C(Cl)Cl)C1CCOC12CCCCC2. The summed E-state index contributed by atoms with van der Waals surface area (Å²) >= 11 is 11.3. The van der Waals surface area contributed by atoms with Gasteiger partial charge in [0.05, 0.1) is 11.5 Å². The van der Waals surface area contributed by atoms with E-state index in [9.17, 15) is 4.79 Å². The number of carbonyl (C=O) groups excluding carboxylic acids is 1. The van der Waals surface area contributed by atoms with Gasteiger partial charge in [0.2, 0.25) is 0 Å². The Bertz CT molecular complexity index is 247. The lowest BCUT2D eigenvalue weighted by molar-refractivity contribution is -0.129. The van der Waals surface area contributed by atoms with Crippen LogP contribution >= 0.6 is 23.2 Å². The van der Waals surface area contributed by atoms with E-state index in [-0.39, 0.29) is 17.3 Å². The van der Waals surface area contributed by atoms with Crippen LogP contribution in [-0.4, -0.2) is 22.8 Å². The second-order valence-corrected chi connectivity index (χ2v) is 5.61. The topological polar surface area (TPSA) is 26.3 Å². The molecule has 0 radical (unpaired) electrons. The first-order valence-corrected chi connectivity index (χ1v) is 6.49. The summed E-state index contributed by atoms with van der Waals surface area (Å²) < 4.78 is 5.83. The Hall–Kier alpha value is 0.210. The van der Waals surface area contributed by atoms with Gasteiger partial charge in [-0.05, 0) is 19.3 Å². The lowest BCUT2D eigenvalue weighted by Crippen LogP contribution is -2.42. The van der Waals surface area contributed by atoms with Crippen LogP contribution < -0.4 is 0 Å². The number of hydrogen-bond acceptors (Lipinski definition) is 2. The Morgan fingerprint density at radius 3 is 2.53 bits per heavy atom. The van der Waals surface area contributed by atoms with Crippen molar-refractivity contribution >= 4 is 29.0 Å². The molecule has 1 atom stereocenters. The summed E-state index contributed by atoms with van der Waals surface area (Å²) in [5, 5.41) is 0. The van der Waals surface area contributed by atoms with Crippen molar-refractivity contribution in [1.29, 1.82) is 0 Å². The number of ether oxygens (including phenoxy) is 1. The normalized spacial score (nSPS) is 29.9. The minimum atomic E-state index is -0.893. The fraction of sp³-hybridized carbons (Fsp3) is 0.909. The van der Waals surface area contributed by atoms with Crippen LogP contribution in [0.2, 0.25) is 0 Å². The van der Waals surface area contributed by atoms with E-state index >= 15 is 0 Å². The van der Waals surface area contributed by atoms with Crippen molar-refractivity contribution in [2.75, 3.05) is 6.61 Å². The molecule has 2 rings (SSSR count). The second kappa shape index (κ2) is 4.60. The summed E-state index contributed by atoms with van der Waals surface area (Å²) in [6.45, 7) is 0.677. The van der Waals surface area contributed by atoms with Crippen molar-refractivity contribution in [3.8, 4) is 0 Å². The highest BCUT2D eigenvalue weighted by atomic mass is 35.5. The Kier molecular flexibility index (Phi) is 3.59. The highest BCUT2D eigenvalue weighted by Gasteiger charge is 2.49. The maximum atomic E-state index is 11.9. The van der Waals surface area contributed by atoms with Gasteiger partial charge in [-0.2, -0.15) is 0 Å². The first kappa shape index (κ1) is 11.7. The molecular weight excluding hydrogens is 235 g/mol. The molecule has 0 aromatic rings. The Labute approximate surface area is 100 Å². The average Bonchev–Trinajstić information content (AvgIpc) is 2.61. The number of Topliss-reactive ketones (excluding diaryl/α,β-unsaturated/α-hetero) is 1. The van der Waals surface area contributed by atoms with E-state index in [1.165, 1.54) is 6.42 Å². The fourth-order valence-corrected chi connectivity index (χ4v) is 3.24. The van der Waals surface area contributed by atoms with Crippen LogP contribution in [-0.2, 0) is 9.53 Å². The minimum Gasteiger partial charge on any atom is -0.374 e. The van der Waals surface area contributed by atoms with Gasteiger partial charge in [0.25, 0.3) is 0 Å². The summed E-state index contributed by atoms with van der Waals surface area (Å²) in [7, 11) is 0. The van der Waals surface area contributed by atoms with Crippen LogP contribution in [0, 0.1) is 5.92 Å². The molecule has 1 heterocycles.